The van der Waals surface area contributed by atoms with Crippen molar-refractivity contribution in [3.63, 3.8) is 0 Å². The molecule has 1 aromatic carbocycles. The minimum absolute atomic E-state index is 0.152. The second-order valence-corrected chi connectivity index (χ2v) is 6.11. The monoisotopic (exact) mass is 319 g/mol. The predicted molar refractivity (Wildman–Crippen MR) is 88.3 cm³/mol. The molecule has 0 aromatic heterocycles. The summed E-state index contributed by atoms with van der Waals surface area (Å²) in [5.74, 6) is 1.04. The van der Waals surface area contributed by atoms with Crippen molar-refractivity contribution in [2.75, 3.05) is 20.2 Å². The Balaban J connectivity index is 1.95. The lowest BCUT2D eigenvalue weighted by molar-refractivity contribution is -0.127. The number of methoxy groups -OCH3 is 1. The third kappa shape index (κ3) is 4.01. The fraction of sp³-hybridized carbons (Fsp3) is 0.529. The van der Waals surface area contributed by atoms with E-state index in [0.717, 1.165) is 11.3 Å². The lowest BCUT2D eigenvalue weighted by Gasteiger charge is -2.24. The Bertz CT molecular complexity index is 557. The molecule has 0 spiro atoms. The second-order valence-electron chi connectivity index (χ2n) is 6.11. The molecule has 1 aromatic rings. The van der Waals surface area contributed by atoms with E-state index in [9.17, 15) is 9.59 Å². The van der Waals surface area contributed by atoms with Crippen LogP contribution in [0, 0.1) is 5.92 Å². The van der Waals surface area contributed by atoms with Crippen LogP contribution in [-0.4, -0.2) is 43.1 Å². The van der Waals surface area contributed by atoms with E-state index in [1.807, 2.05) is 24.3 Å². The lowest BCUT2D eigenvalue weighted by atomic mass is 9.96. The molecule has 1 aliphatic heterocycles. The van der Waals surface area contributed by atoms with E-state index in [2.05, 4.69) is 24.5 Å². The summed E-state index contributed by atoms with van der Waals surface area (Å²) in [6.45, 7) is 6.90. The second kappa shape index (κ2) is 7.46. The highest BCUT2D eigenvalue weighted by Crippen LogP contribution is 2.23. The SMILES string of the molecule is COc1ccc([C@H](NCCN2C(=O)N[C@H](C)C2=O)C(C)C)cc1. The standard InChI is InChI=1S/C17H25N3O3/c1-11(2)15(13-5-7-14(23-4)8-6-13)18-9-10-20-16(21)12(3)19-17(20)22/h5-8,11-12,15,18H,9-10H2,1-4H3,(H,19,22)/t12-,15-/m1/s1. The van der Waals surface area contributed by atoms with Crippen LogP contribution < -0.4 is 15.4 Å². The van der Waals surface area contributed by atoms with E-state index < -0.39 is 6.04 Å². The lowest BCUT2D eigenvalue weighted by Crippen LogP contribution is -2.39. The zero-order chi connectivity index (χ0) is 17.0. The van der Waals surface area contributed by atoms with Gasteiger partial charge in [0.15, 0.2) is 0 Å². The van der Waals surface area contributed by atoms with Gasteiger partial charge in [-0.3, -0.25) is 9.69 Å². The molecule has 2 rings (SSSR count). The van der Waals surface area contributed by atoms with Gasteiger partial charge in [-0.2, -0.15) is 0 Å². The van der Waals surface area contributed by atoms with Crippen LogP contribution in [-0.2, 0) is 4.79 Å². The molecule has 1 saturated heterocycles. The first-order valence-corrected chi connectivity index (χ1v) is 7.93. The van der Waals surface area contributed by atoms with Crippen LogP contribution in [0.4, 0.5) is 4.79 Å². The Hall–Kier alpha value is -2.08. The van der Waals surface area contributed by atoms with Crippen LogP contribution in [0.25, 0.3) is 0 Å². The Morgan fingerprint density at radius 1 is 1.26 bits per heavy atom. The molecule has 0 aliphatic carbocycles. The van der Waals surface area contributed by atoms with Gasteiger partial charge in [0.2, 0.25) is 0 Å². The van der Waals surface area contributed by atoms with Crippen LogP contribution in [0.3, 0.4) is 0 Å². The smallest absolute Gasteiger partial charge is 0.324 e. The molecule has 1 heterocycles. The Morgan fingerprint density at radius 3 is 2.39 bits per heavy atom. The summed E-state index contributed by atoms with van der Waals surface area (Å²) in [7, 11) is 1.65. The van der Waals surface area contributed by atoms with Gasteiger partial charge in [-0.1, -0.05) is 26.0 Å². The molecule has 0 unspecified atom stereocenters. The minimum atomic E-state index is -0.426. The quantitative estimate of drug-likeness (QED) is 0.753. The highest BCUT2D eigenvalue weighted by atomic mass is 16.5. The van der Waals surface area contributed by atoms with Crippen LogP contribution in [0.1, 0.15) is 32.4 Å². The number of ether oxygens (including phenoxy) is 1. The Morgan fingerprint density at radius 2 is 1.91 bits per heavy atom. The van der Waals surface area contributed by atoms with Gasteiger partial charge in [0.05, 0.1) is 7.11 Å². The maximum Gasteiger partial charge on any atom is 0.324 e. The number of hydrogen-bond donors (Lipinski definition) is 2. The third-order valence-corrected chi connectivity index (χ3v) is 4.06. The topological polar surface area (TPSA) is 70.7 Å². The highest BCUT2D eigenvalue weighted by molar-refractivity contribution is 6.03. The molecule has 23 heavy (non-hydrogen) atoms. The average Bonchev–Trinajstić information content (AvgIpc) is 2.77. The molecule has 0 radical (unpaired) electrons. The van der Waals surface area contributed by atoms with E-state index in [0.29, 0.717) is 19.0 Å². The maximum absolute atomic E-state index is 11.9. The van der Waals surface area contributed by atoms with Crippen LogP contribution in [0.15, 0.2) is 24.3 Å². The van der Waals surface area contributed by atoms with Gasteiger partial charge in [0.1, 0.15) is 11.8 Å². The number of benzene rings is 1. The third-order valence-electron chi connectivity index (χ3n) is 4.06. The average molecular weight is 319 g/mol. The van der Waals surface area contributed by atoms with Crippen molar-refractivity contribution < 1.29 is 14.3 Å². The van der Waals surface area contributed by atoms with Crippen molar-refractivity contribution in [3.05, 3.63) is 29.8 Å². The summed E-state index contributed by atoms with van der Waals surface area (Å²) in [5, 5.41) is 6.06. The zero-order valence-electron chi connectivity index (χ0n) is 14.1. The number of rotatable bonds is 7. The fourth-order valence-electron chi connectivity index (χ4n) is 2.75. The first-order chi connectivity index (χ1) is 10.9. The van der Waals surface area contributed by atoms with Gasteiger partial charge in [-0.25, -0.2) is 4.79 Å². The Kier molecular flexibility index (Phi) is 5.60. The number of carbonyl (C=O) groups is 2. The molecule has 3 amide bonds. The summed E-state index contributed by atoms with van der Waals surface area (Å²) < 4.78 is 5.18. The maximum atomic E-state index is 11.9. The van der Waals surface area contributed by atoms with E-state index in [1.54, 1.807) is 14.0 Å². The number of nitrogens with one attached hydrogen (secondary N) is 2. The predicted octanol–water partition coefficient (Wildman–Crippen LogP) is 1.92. The van der Waals surface area contributed by atoms with Gasteiger partial charge < -0.3 is 15.4 Å². The molecule has 126 valence electrons. The normalized spacial score (nSPS) is 19.2. The number of nitrogens with zero attached hydrogens (tertiary/aromatic N) is 1. The fourth-order valence-corrected chi connectivity index (χ4v) is 2.75. The number of hydrogen-bond acceptors (Lipinski definition) is 4. The van der Waals surface area contributed by atoms with Gasteiger partial charge in [0, 0.05) is 19.1 Å². The van der Waals surface area contributed by atoms with Gasteiger partial charge in [-0.15, -0.1) is 0 Å². The summed E-state index contributed by atoms with van der Waals surface area (Å²) in [4.78, 5) is 24.8. The van der Waals surface area contributed by atoms with Crippen LogP contribution in [0.5, 0.6) is 5.75 Å². The molecular weight excluding hydrogens is 294 g/mol. The zero-order valence-corrected chi connectivity index (χ0v) is 14.1. The molecule has 1 aliphatic rings. The van der Waals surface area contributed by atoms with Crippen molar-refractivity contribution in [2.24, 2.45) is 5.92 Å². The van der Waals surface area contributed by atoms with E-state index >= 15 is 0 Å². The van der Waals surface area contributed by atoms with Crippen molar-refractivity contribution in [1.29, 1.82) is 0 Å². The first kappa shape index (κ1) is 17.3. The van der Waals surface area contributed by atoms with Crippen molar-refractivity contribution >= 4 is 11.9 Å². The van der Waals surface area contributed by atoms with Crippen molar-refractivity contribution in [3.8, 4) is 5.75 Å². The highest BCUT2D eigenvalue weighted by Gasteiger charge is 2.34. The van der Waals surface area contributed by atoms with Crippen LogP contribution >= 0.6 is 0 Å². The molecule has 0 bridgehead atoms. The van der Waals surface area contributed by atoms with Gasteiger partial charge in [-0.05, 0) is 30.5 Å². The van der Waals surface area contributed by atoms with Crippen molar-refractivity contribution in [2.45, 2.75) is 32.9 Å². The van der Waals surface area contributed by atoms with E-state index in [1.165, 1.54) is 4.90 Å². The molecule has 2 N–H and O–H groups in total. The van der Waals surface area contributed by atoms with Gasteiger partial charge >= 0.3 is 6.03 Å². The number of urea groups is 1. The van der Waals surface area contributed by atoms with E-state index in [-0.39, 0.29) is 18.0 Å². The molecule has 2 atom stereocenters. The molecule has 1 fully saturated rings. The van der Waals surface area contributed by atoms with Crippen LogP contribution in [0.2, 0.25) is 0 Å². The minimum Gasteiger partial charge on any atom is -0.497 e. The number of amides is 3. The summed E-state index contributed by atoms with van der Waals surface area (Å²) in [6, 6.07) is 7.36. The summed E-state index contributed by atoms with van der Waals surface area (Å²) in [5.41, 5.74) is 1.16. The Labute approximate surface area is 137 Å². The molecule has 0 saturated carbocycles. The molecule has 6 nitrogen and oxygen atoms in total. The van der Waals surface area contributed by atoms with E-state index in [4.69, 9.17) is 4.74 Å². The summed E-state index contributed by atoms with van der Waals surface area (Å²) >= 11 is 0. The first-order valence-electron chi connectivity index (χ1n) is 7.93. The molecule has 6 heteroatoms. The summed E-state index contributed by atoms with van der Waals surface area (Å²) in [6.07, 6.45) is 0. The number of carbonyl (C=O) groups excluding carboxylic acids is 2. The van der Waals surface area contributed by atoms with Gasteiger partial charge in [0.25, 0.3) is 5.91 Å². The number of imide groups is 1. The van der Waals surface area contributed by atoms with Crippen molar-refractivity contribution in [1.82, 2.24) is 15.5 Å². The molecular formula is C17H25N3O3. The largest absolute Gasteiger partial charge is 0.497 e.